The molecule has 1 aliphatic rings. The number of hydrogen-bond acceptors (Lipinski definition) is 4. The molecule has 0 radical (unpaired) electrons. The van der Waals surface area contributed by atoms with Gasteiger partial charge in [0.2, 0.25) is 5.91 Å². The van der Waals surface area contributed by atoms with Crippen LogP contribution >= 0.6 is 0 Å². The van der Waals surface area contributed by atoms with Crippen LogP contribution in [-0.2, 0) is 4.79 Å². The number of methoxy groups -OCH3 is 1. The summed E-state index contributed by atoms with van der Waals surface area (Å²) < 4.78 is 18.4. The summed E-state index contributed by atoms with van der Waals surface area (Å²) in [4.78, 5) is 14.9. The molecular weight excluding hydrogens is 421 g/mol. The topological polar surface area (TPSA) is 99.6 Å². The van der Waals surface area contributed by atoms with E-state index in [2.05, 4.69) is 0 Å². The number of nitrogens with one attached hydrogen (secondary N) is 1. The second-order valence-electron chi connectivity index (χ2n) is 8.14. The van der Waals surface area contributed by atoms with Gasteiger partial charge in [0.05, 0.1) is 25.2 Å². The van der Waals surface area contributed by atoms with E-state index in [1.54, 1.807) is 48.4 Å². The third-order valence-electron chi connectivity index (χ3n) is 6.13. The summed E-state index contributed by atoms with van der Waals surface area (Å²) in [5, 5.41) is 18.1. The second kappa shape index (κ2) is 9.42. The molecule has 0 bridgehead atoms. The highest BCUT2D eigenvalue weighted by molar-refractivity contribution is 6.03. The standard InChI is InChI=1S/C26H26FN3O3/c1-33-21-12-6-17(7-13-21)24-22(14-15-23(31)16-2-8-19(27)9-3-16)26(32)30(24)20-10-4-18(5-11-20)25(28)29/h2-13,22-24,31H,14-15H2,1H3,(H3,28,29). The maximum atomic E-state index is 13.2. The highest BCUT2D eigenvalue weighted by Crippen LogP contribution is 2.46. The predicted octanol–water partition coefficient (Wildman–Crippen LogP) is 4.34. The monoisotopic (exact) mass is 447 g/mol. The number of nitrogens with two attached hydrogens (primary N) is 1. The molecule has 0 spiro atoms. The Morgan fingerprint density at radius 1 is 1.09 bits per heavy atom. The molecule has 4 N–H and O–H groups in total. The lowest BCUT2D eigenvalue weighted by Gasteiger charge is -2.48. The molecule has 0 aliphatic carbocycles. The van der Waals surface area contributed by atoms with Crippen molar-refractivity contribution in [1.29, 1.82) is 5.41 Å². The highest BCUT2D eigenvalue weighted by atomic mass is 19.1. The van der Waals surface area contributed by atoms with Crippen LogP contribution in [0.3, 0.4) is 0 Å². The number of β-lactam (4-membered cyclic amide) rings is 1. The minimum atomic E-state index is -0.779. The van der Waals surface area contributed by atoms with Crippen molar-refractivity contribution in [1.82, 2.24) is 0 Å². The van der Waals surface area contributed by atoms with Crippen LogP contribution in [0, 0.1) is 17.1 Å². The summed E-state index contributed by atoms with van der Waals surface area (Å²) in [6.45, 7) is 0. The number of nitrogen functional groups attached to an aromatic ring is 1. The van der Waals surface area contributed by atoms with Crippen LogP contribution in [0.1, 0.15) is 41.7 Å². The number of anilines is 1. The van der Waals surface area contributed by atoms with Crippen molar-refractivity contribution in [2.75, 3.05) is 12.0 Å². The van der Waals surface area contributed by atoms with E-state index in [-0.39, 0.29) is 29.5 Å². The summed E-state index contributed by atoms with van der Waals surface area (Å²) in [5.41, 5.74) is 8.46. The van der Waals surface area contributed by atoms with E-state index in [9.17, 15) is 14.3 Å². The molecule has 1 heterocycles. The lowest BCUT2D eigenvalue weighted by molar-refractivity contribution is -0.131. The van der Waals surface area contributed by atoms with Gasteiger partial charge < -0.3 is 20.5 Å². The molecule has 3 aromatic carbocycles. The molecule has 7 heteroatoms. The van der Waals surface area contributed by atoms with Gasteiger partial charge in [-0.15, -0.1) is 0 Å². The van der Waals surface area contributed by atoms with Gasteiger partial charge in [-0.1, -0.05) is 24.3 Å². The van der Waals surface area contributed by atoms with Gasteiger partial charge in [0.15, 0.2) is 0 Å². The number of aliphatic hydroxyl groups excluding tert-OH is 1. The SMILES string of the molecule is COc1ccc(C2C(CCC(O)c3ccc(F)cc3)C(=O)N2c2ccc(C(=N)N)cc2)cc1. The summed E-state index contributed by atoms with van der Waals surface area (Å²) in [6.07, 6.45) is 0.0841. The quantitative estimate of drug-likeness (QED) is 0.272. The number of halogens is 1. The number of carbonyl (C=O) groups is 1. The van der Waals surface area contributed by atoms with Crippen molar-refractivity contribution in [2.45, 2.75) is 25.0 Å². The molecule has 3 atom stereocenters. The average molecular weight is 448 g/mol. The first-order chi connectivity index (χ1) is 15.9. The first-order valence-corrected chi connectivity index (χ1v) is 10.7. The number of amides is 1. The number of benzene rings is 3. The molecule has 4 rings (SSSR count). The maximum Gasteiger partial charge on any atom is 0.233 e. The molecule has 3 aromatic rings. The van der Waals surface area contributed by atoms with Gasteiger partial charge in [-0.05, 0) is 72.5 Å². The van der Waals surface area contributed by atoms with Crippen molar-refractivity contribution in [2.24, 2.45) is 11.7 Å². The Balaban J connectivity index is 1.56. The van der Waals surface area contributed by atoms with E-state index in [1.165, 1.54) is 12.1 Å². The van der Waals surface area contributed by atoms with Gasteiger partial charge in [0, 0.05) is 11.3 Å². The largest absolute Gasteiger partial charge is 0.497 e. The van der Waals surface area contributed by atoms with Gasteiger partial charge in [0.1, 0.15) is 17.4 Å². The van der Waals surface area contributed by atoms with Gasteiger partial charge >= 0.3 is 0 Å². The Bertz CT molecular complexity index is 1130. The van der Waals surface area contributed by atoms with Crippen LogP contribution in [0.15, 0.2) is 72.8 Å². The Hall–Kier alpha value is -3.71. The van der Waals surface area contributed by atoms with Gasteiger partial charge in [0.25, 0.3) is 0 Å². The number of aliphatic hydroxyl groups is 1. The lowest BCUT2D eigenvalue weighted by Crippen LogP contribution is -2.55. The maximum absolute atomic E-state index is 13.2. The van der Waals surface area contributed by atoms with Crippen LogP contribution in [0.5, 0.6) is 5.75 Å². The molecule has 170 valence electrons. The van der Waals surface area contributed by atoms with E-state index in [0.717, 1.165) is 17.0 Å². The smallest absolute Gasteiger partial charge is 0.233 e. The first kappa shape index (κ1) is 22.5. The first-order valence-electron chi connectivity index (χ1n) is 10.7. The third kappa shape index (κ3) is 4.59. The number of amidine groups is 1. The minimum Gasteiger partial charge on any atom is -0.497 e. The van der Waals surface area contributed by atoms with Gasteiger partial charge in [-0.2, -0.15) is 0 Å². The van der Waals surface area contributed by atoms with E-state index in [1.807, 2.05) is 24.3 Å². The summed E-state index contributed by atoms with van der Waals surface area (Å²) in [7, 11) is 1.60. The lowest BCUT2D eigenvalue weighted by atomic mass is 9.78. The molecule has 0 saturated carbocycles. The number of carbonyl (C=O) groups excluding carboxylic acids is 1. The fourth-order valence-electron chi connectivity index (χ4n) is 4.29. The normalized spacial score (nSPS) is 18.5. The molecule has 1 saturated heterocycles. The van der Waals surface area contributed by atoms with E-state index < -0.39 is 6.10 Å². The summed E-state index contributed by atoms with van der Waals surface area (Å²) in [6, 6.07) is 20.2. The zero-order chi connectivity index (χ0) is 23.5. The number of rotatable bonds is 8. The molecule has 1 aliphatic heterocycles. The molecule has 0 aromatic heterocycles. The Kier molecular flexibility index (Phi) is 6.42. The average Bonchev–Trinajstić information content (AvgIpc) is 2.83. The number of ether oxygens (including phenoxy) is 1. The molecule has 6 nitrogen and oxygen atoms in total. The van der Waals surface area contributed by atoms with Crippen LogP contribution in [0.4, 0.5) is 10.1 Å². The predicted molar refractivity (Wildman–Crippen MR) is 125 cm³/mol. The van der Waals surface area contributed by atoms with Gasteiger partial charge in [-0.3, -0.25) is 10.2 Å². The van der Waals surface area contributed by atoms with Crippen molar-refractivity contribution in [3.05, 3.63) is 95.3 Å². The zero-order valence-electron chi connectivity index (χ0n) is 18.2. The van der Waals surface area contributed by atoms with Crippen molar-refractivity contribution in [3.8, 4) is 5.75 Å². The van der Waals surface area contributed by atoms with E-state index in [4.69, 9.17) is 15.9 Å². The molecule has 1 fully saturated rings. The van der Waals surface area contributed by atoms with Crippen molar-refractivity contribution < 1.29 is 19.0 Å². The summed E-state index contributed by atoms with van der Waals surface area (Å²) in [5.74, 6) is 0.00527. The van der Waals surface area contributed by atoms with Gasteiger partial charge in [-0.25, -0.2) is 4.39 Å². The van der Waals surface area contributed by atoms with Crippen LogP contribution < -0.4 is 15.4 Å². The third-order valence-corrected chi connectivity index (χ3v) is 6.13. The molecular formula is C26H26FN3O3. The fraction of sp³-hybridized carbons (Fsp3) is 0.231. The number of hydrogen-bond donors (Lipinski definition) is 3. The molecule has 1 amide bonds. The van der Waals surface area contributed by atoms with Crippen LogP contribution in [0.25, 0.3) is 0 Å². The number of nitrogens with zero attached hydrogens (tertiary/aromatic N) is 1. The minimum absolute atomic E-state index is 0.0299. The summed E-state index contributed by atoms with van der Waals surface area (Å²) >= 11 is 0. The molecule has 3 unspecified atom stereocenters. The van der Waals surface area contributed by atoms with Crippen LogP contribution in [-0.4, -0.2) is 24.0 Å². The van der Waals surface area contributed by atoms with Crippen molar-refractivity contribution >= 4 is 17.4 Å². The Morgan fingerprint density at radius 2 is 1.73 bits per heavy atom. The van der Waals surface area contributed by atoms with Crippen molar-refractivity contribution in [3.63, 3.8) is 0 Å². The van der Waals surface area contributed by atoms with E-state index in [0.29, 0.717) is 24.0 Å². The Morgan fingerprint density at radius 3 is 2.30 bits per heavy atom. The van der Waals surface area contributed by atoms with Crippen LogP contribution in [0.2, 0.25) is 0 Å². The highest BCUT2D eigenvalue weighted by Gasteiger charge is 2.48. The molecule has 33 heavy (non-hydrogen) atoms. The Labute approximate surface area is 191 Å². The zero-order valence-corrected chi connectivity index (χ0v) is 18.2. The van der Waals surface area contributed by atoms with E-state index >= 15 is 0 Å². The second-order valence-corrected chi connectivity index (χ2v) is 8.14. The fourth-order valence-corrected chi connectivity index (χ4v) is 4.29.